The van der Waals surface area contributed by atoms with Crippen LogP contribution in [0.25, 0.3) is 0 Å². The van der Waals surface area contributed by atoms with Crippen molar-refractivity contribution >= 4 is 0 Å². The van der Waals surface area contributed by atoms with Crippen LogP contribution in [0.1, 0.15) is 72.1 Å². The Morgan fingerprint density at radius 1 is 1.06 bits per heavy atom. The van der Waals surface area contributed by atoms with Crippen LogP contribution < -0.4 is 0 Å². The molecule has 0 aliphatic heterocycles. The fourth-order valence-electron chi connectivity index (χ4n) is 4.35. The summed E-state index contributed by atoms with van der Waals surface area (Å²) in [6, 6.07) is 0. The largest absolute Gasteiger partial charge is 0.390 e. The smallest absolute Gasteiger partial charge is 0.0678 e. The highest BCUT2D eigenvalue weighted by Crippen LogP contribution is 2.48. The van der Waals surface area contributed by atoms with E-state index in [0.29, 0.717) is 5.92 Å². The summed E-state index contributed by atoms with van der Waals surface area (Å²) in [5.74, 6) is 2.89. The van der Waals surface area contributed by atoms with E-state index in [1.165, 1.54) is 38.5 Å². The van der Waals surface area contributed by atoms with Crippen molar-refractivity contribution < 1.29 is 5.11 Å². The van der Waals surface area contributed by atoms with Gasteiger partial charge in [0, 0.05) is 0 Å². The highest BCUT2D eigenvalue weighted by molar-refractivity contribution is 4.95. The van der Waals surface area contributed by atoms with Gasteiger partial charge in [-0.2, -0.15) is 0 Å². The summed E-state index contributed by atoms with van der Waals surface area (Å²) in [4.78, 5) is 0. The lowest BCUT2D eigenvalue weighted by molar-refractivity contribution is -0.0973. The van der Waals surface area contributed by atoms with E-state index in [2.05, 4.69) is 20.8 Å². The Labute approximate surface area is 107 Å². The summed E-state index contributed by atoms with van der Waals surface area (Å²) in [6.45, 7) is 7.06. The Bertz CT molecular complexity index is 240. The average molecular weight is 238 g/mol. The maximum absolute atomic E-state index is 11.0. The van der Waals surface area contributed by atoms with Crippen molar-refractivity contribution in [2.24, 2.45) is 23.7 Å². The molecule has 0 radical (unpaired) electrons. The molecule has 100 valence electrons. The van der Waals surface area contributed by atoms with Crippen LogP contribution in [0.3, 0.4) is 0 Å². The van der Waals surface area contributed by atoms with Gasteiger partial charge in [-0.1, -0.05) is 46.5 Å². The second-order valence-electron chi connectivity index (χ2n) is 7.10. The molecule has 1 nitrogen and oxygen atoms in total. The second kappa shape index (κ2) is 5.30. The summed E-state index contributed by atoms with van der Waals surface area (Å²) >= 11 is 0. The van der Waals surface area contributed by atoms with Crippen molar-refractivity contribution in [1.82, 2.24) is 0 Å². The van der Waals surface area contributed by atoms with Gasteiger partial charge >= 0.3 is 0 Å². The molecular weight excluding hydrogens is 208 g/mol. The molecule has 0 spiro atoms. The standard InChI is InChI=1S/C16H30O/c1-12(2)14-8-7-13(3)11-15(14)16(17)9-5-4-6-10-16/h12-15,17H,4-11H2,1-3H3. The van der Waals surface area contributed by atoms with Gasteiger partial charge in [0.25, 0.3) is 0 Å². The molecule has 1 heteroatoms. The monoisotopic (exact) mass is 238 g/mol. The van der Waals surface area contributed by atoms with Crippen LogP contribution in [0.5, 0.6) is 0 Å². The van der Waals surface area contributed by atoms with Crippen LogP contribution in [0, 0.1) is 23.7 Å². The molecule has 17 heavy (non-hydrogen) atoms. The third-order valence-electron chi connectivity index (χ3n) is 5.43. The molecular formula is C16H30O. The van der Waals surface area contributed by atoms with Gasteiger partial charge in [-0.25, -0.2) is 0 Å². The summed E-state index contributed by atoms with van der Waals surface area (Å²) in [7, 11) is 0. The van der Waals surface area contributed by atoms with Crippen molar-refractivity contribution in [3.05, 3.63) is 0 Å². The number of hydrogen-bond donors (Lipinski definition) is 1. The van der Waals surface area contributed by atoms with Crippen LogP contribution >= 0.6 is 0 Å². The first kappa shape index (κ1) is 13.4. The SMILES string of the molecule is CC1CCC(C(C)C)C(C2(O)CCCCC2)C1. The first-order valence-electron chi connectivity index (χ1n) is 7.75. The molecule has 0 aromatic carbocycles. The zero-order valence-corrected chi connectivity index (χ0v) is 11.9. The summed E-state index contributed by atoms with van der Waals surface area (Å²) in [6.07, 6.45) is 9.91. The number of rotatable bonds is 2. The summed E-state index contributed by atoms with van der Waals surface area (Å²) < 4.78 is 0. The van der Waals surface area contributed by atoms with Crippen molar-refractivity contribution in [1.29, 1.82) is 0 Å². The Balaban J connectivity index is 2.12. The van der Waals surface area contributed by atoms with E-state index in [9.17, 15) is 5.11 Å². The van der Waals surface area contributed by atoms with E-state index in [1.807, 2.05) is 0 Å². The summed E-state index contributed by atoms with van der Waals surface area (Å²) in [5, 5.41) is 11.0. The minimum Gasteiger partial charge on any atom is -0.390 e. The van der Waals surface area contributed by atoms with E-state index in [0.717, 1.165) is 30.6 Å². The number of hydrogen-bond acceptors (Lipinski definition) is 1. The van der Waals surface area contributed by atoms with Crippen LogP contribution in [-0.4, -0.2) is 10.7 Å². The third-order valence-corrected chi connectivity index (χ3v) is 5.43. The minimum atomic E-state index is -0.318. The van der Waals surface area contributed by atoms with E-state index in [-0.39, 0.29) is 5.60 Å². The van der Waals surface area contributed by atoms with Gasteiger partial charge in [-0.3, -0.25) is 0 Å². The maximum Gasteiger partial charge on any atom is 0.0678 e. The minimum absolute atomic E-state index is 0.318. The molecule has 0 aromatic rings. The van der Waals surface area contributed by atoms with Crippen LogP contribution in [0.15, 0.2) is 0 Å². The first-order chi connectivity index (χ1) is 8.03. The van der Waals surface area contributed by atoms with Crippen molar-refractivity contribution in [2.75, 3.05) is 0 Å². The predicted molar refractivity (Wildman–Crippen MR) is 72.9 cm³/mol. The quantitative estimate of drug-likeness (QED) is 0.756. The first-order valence-corrected chi connectivity index (χ1v) is 7.75. The number of aliphatic hydroxyl groups is 1. The molecule has 0 bridgehead atoms. The third kappa shape index (κ3) is 2.86. The van der Waals surface area contributed by atoms with E-state index in [1.54, 1.807) is 0 Å². The molecule has 2 saturated carbocycles. The molecule has 0 heterocycles. The van der Waals surface area contributed by atoms with Crippen LogP contribution in [0.2, 0.25) is 0 Å². The molecule has 2 aliphatic rings. The molecule has 3 atom stereocenters. The van der Waals surface area contributed by atoms with E-state index >= 15 is 0 Å². The Hall–Kier alpha value is -0.0400. The van der Waals surface area contributed by atoms with Gasteiger partial charge in [0.2, 0.25) is 0 Å². The molecule has 2 aliphatic carbocycles. The van der Waals surface area contributed by atoms with Crippen molar-refractivity contribution in [3.63, 3.8) is 0 Å². The van der Waals surface area contributed by atoms with Gasteiger partial charge < -0.3 is 5.11 Å². The molecule has 3 unspecified atom stereocenters. The molecule has 2 rings (SSSR count). The molecule has 2 fully saturated rings. The zero-order valence-electron chi connectivity index (χ0n) is 11.9. The molecule has 1 N–H and O–H groups in total. The molecule has 0 aromatic heterocycles. The predicted octanol–water partition coefficient (Wildman–Crippen LogP) is 4.39. The topological polar surface area (TPSA) is 20.2 Å². The second-order valence-corrected chi connectivity index (χ2v) is 7.10. The van der Waals surface area contributed by atoms with Crippen LogP contribution in [-0.2, 0) is 0 Å². The van der Waals surface area contributed by atoms with Gasteiger partial charge in [0.1, 0.15) is 0 Å². The fourth-order valence-corrected chi connectivity index (χ4v) is 4.35. The highest BCUT2D eigenvalue weighted by Gasteiger charge is 2.44. The van der Waals surface area contributed by atoms with Gasteiger partial charge in [-0.05, 0) is 49.4 Å². The summed E-state index contributed by atoms with van der Waals surface area (Å²) in [5.41, 5.74) is -0.318. The lowest BCUT2D eigenvalue weighted by Gasteiger charge is -2.48. The molecule has 0 amide bonds. The van der Waals surface area contributed by atoms with Crippen molar-refractivity contribution in [2.45, 2.75) is 77.7 Å². The van der Waals surface area contributed by atoms with Crippen LogP contribution in [0.4, 0.5) is 0 Å². The van der Waals surface area contributed by atoms with E-state index < -0.39 is 0 Å². The Morgan fingerprint density at radius 2 is 1.71 bits per heavy atom. The van der Waals surface area contributed by atoms with Crippen molar-refractivity contribution in [3.8, 4) is 0 Å². The highest BCUT2D eigenvalue weighted by atomic mass is 16.3. The average Bonchev–Trinajstić information content (AvgIpc) is 2.29. The van der Waals surface area contributed by atoms with Gasteiger partial charge in [-0.15, -0.1) is 0 Å². The zero-order chi connectivity index (χ0) is 12.5. The lowest BCUT2D eigenvalue weighted by Crippen LogP contribution is -2.47. The Morgan fingerprint density at radius 3 is 2.29 bits per heavy atom. The normalized spacial score (nSPS) is 38.3. The molecule has 0 saturated heterocycles. The van der Waals surface area contributed by atoms with Gasteiger partial charge in [0.05, 0.1) is 5.60 Å². The van der Waals surface area contributed by atoms with E-state index in [4.69, 9.17) is 0 Å². The lowest BCUT2D eigenvalue weighted by atomic mass is 9.60. The van der Waals surface area contributed by atoms with Gasteiger partial charge in [0.15, 0.2) is 0 Å². The maximum atomic E-state index is 11.0. The fraction of sp³-hybridized carbons (Fsp3) is 1.00. The Kier molecular flexibility index (Phi) is 4.18.